The summed E-state index contributed by atoms with van der Waals surface area (Å²) < 4.78 is 12.6. The summed E-state index contributed by atoms with van der Waals surface area (Å²) in [6, 6.07) is 5.59. The first-order valence-corrected chi connectivity index (χ1v) is 9.94. The highest BCUT2D eigenvalue weighted by Crippen LogP contribution is 2.34. The van der Waals surface area contributed by atoms with Gasteiger partial charge >= 0.3 is 0 Å². The first kappa shape index (κ1) is 19.9. The quantitative estimate of drug-likeness (QED) is 0.626. The molecule has 3 aromatic rings. The van der Waals surface area contributed by atoms with Gasteiger partial charge < -0.3 is 19.6 Å². The summed E-state index contributed by atoms with van der Waals surface area (Å²) >= 11 is 0. The molecular formula is C22H24N4O4. The van der Waals surface area contributed by atoms with Crippen molar-refractivity contribution in [1.82, 2.24) is 14.8 Å². The zero-order valence-electron chi connectivity index (χ0n) is 17.0. The maximum atomic E-state index is 12.7. The van der Waals surface area contributed by atoms with Gasteiger partial charge in [0.2, 0.25) is 0 Å². The molecule has 1 aliphatic carbocycles. The van der Waals surface area contributed by atoms with Gasteiger partial charge in [0.25, 0.3) is 5.91 Å². The van der Waals surface area contributed by atoms with Crippen molar-refractivity contribution in [1.29, 1.82) is 0 Å². The molecule has 0 unspecified atom stereocenters. The summed E-state index contributed by atoms with van der Waals surface area (Å²) in [6.07, 6.45) is 9.73. The van der Waals surface area contributed by atoms with Gasteiger partial charge in [0, 0.05) is 29.8 Å². The summed E-state index contributed by atoms with van der Waals surface area (Å²) in [5.74, 6) is 0.898. The molecule has 2 aromatic heterocycles. The summed E-state index contributed by atoms with van der Waals surface area (Å²) in [4.78, 5) is 27.7. The van der Waals surface area contributed by atoms with Crippen LogP contribution in [0.3, 0.4) is 0 Å². The van der Waals surface area contributed by atoms with Gasteiger partial charge in [0.05, 0.1) is 43.2 Å². The standard InChI is InChI=1S/C22H24N4O4/c1-29-18-7-15(10-23-11-18)22(28)24-20-8-16-12-26(25-19(16)9-21(20)30-2)17-5-3-14(13-27)4-6-17/h7-14,17H,3-6H2,1-2H3,(H,24,28). The van der Waals surface area contributed by atoms with E-state index in [1.54, 1.807) is 19.4 Å². The van der Waals surface area contributed by atoms with Gasteiger partial charge in [-0.25, -0.2) is 0 Å². The number of rotatable bonds is 6. The summed E-state index contributed by atoms with van der Waals surface area (Å²) in [5, 5.41) is 8.50. The van der Waals surface area contributed by atoms with E-state index in [4.69, 9.17) is 14.6 Å². The molecule has 0 aliphatic heterocycles. The molecule has 30 heavy (non-hydrogen) atoms. The normalized spacial score (nSPS) is 18.7. The van der Waals surface area contributed by atoms with E-state index in [9.17, 15) is 9.59 Å². The second-order valence-corrected chi connectivity index (χ2v) is 7.49. The minimum atomic E-state index is -0.307. The van der Waals surface area contributed by atoms with E-state index in [-0.39, 0.29) is 17.9 Å². The van der Waals surface area contributed by atoms with Crippen LogP contribution in [0.5, 0.6) is 11.5 Å². The van der Waals surface area contributed by atoms with Crippen LogP contribution < -0.4 is 14.8 Å². The van der Waals surface area contributed by atoms with Crippen LogP contribution >= 0.6 is 0 Å². The topological polar surface area (TPSA) is 95.3 Å². The third kappa shape index (κ3) is 3.98. The summed E-state index contributed by atoms with van der Waals surface area (Å²) in [5.41, 5.74) is 1.74. The number of ether oxygens (including phenoxy) is 2. The molecule has 1 amide bonds. The highest BCUT2D eigenvalue weighted by atomic mass is 16.5. The molecule has 8 heteroatoms. The smallest absolute Gasteiger partial charge is 0.257 e. The second kappa shape index (κ2) is 8.52. The molecule has 4 rings (SSSR count). The number of pyridine rings is 1. The lowest BCUT2D eigenvalue weighted by Crippen LogP contribution is -2.19. The fourth-order valence-electron chi connectivity index (χ4n) is 3.88. The number of amides is 1. The Morgan fingerprint density at radius 1 is 1.13 bits per heavy atom. The number of hydrogen-bond acceptors (Lipinski definition) is 6. The first-order valence-electron chi connectivity index (χ1n) is 9.94. The van der Waals surface area contributed by atoms with Gasteiger partial charge in [-0.1, -0.05) is 0 Å². The Kier molecular flexibility index (Phi) is 5.65. The van der Waals surface area contributed by atoms with Crippen LogP contribution in [0, 0.1) is 5.92 Å². The van der Waals surface area contributed by atoms with Crippen LogP contribution in [0.1, 0.15) is 42.1 Å². The van der Waals surface area contributed by atoms with E-state index < -0.39 is 0 Å². The predicted molar refractivity (Wildman–Crippen MR) is 112 cm³/mol. The molecule has 1 N–H and O–H groups in total. The van der Waals surface area contributed by atoms with Crippen molar-refractivity contribution in [3.05, 3.63) is 42.4 Å². The molecule has 1 fully saturated rings. The van der Waals surface area contributed by atoms with E-state index in [2.05, 4.69) is 10.3 Å². The number of benzene rings is 1. The van der Waals surface area contributed by atoms with Crippen molar-refractivity contribution >= 4 is 28.8 Å². The van der Waals surface area contributed by atoms with E-state index in [0.717, 1.165) is 42.9 Å². The average Bonchev–Trinajstić information content (AvgIpc) is 3.21. The Balaban J connectivity index is 1.59. The molecule has 1 aliphatic rings. The van der Waals surface area contributed by atoms with Crippen molar-refractivity contribution in [3.8, 4) is 11.5 Å². The third-order valence-corrected chi connectivity index (χ3v) is 5.61. The molecule has 0 atom stereocenters. The number of nitrogens with zero attached hydrogens (tertiary/aromatic N) is 3. The predicted octanol–water partition coefficient (Wildman–Crippen LogP) is 3.63. The van der Waals surface area contributed by atoms with Gasteiger partial charge in [-0.05, 0) is 37.8 Å². The van der Waals surface area contributed by atoms with E-state index in [0.29, 0.717) is 22.7 Å². The van der Waals surface area contributed by atoms with Crippen LogP contribution in [0.15, 0.2) is 36.8 Å². The molecule has 156 valence electrons. The Bertz CT molecular complexity index is 1070. The number of nitrogens with one attached hydrogen (secondary N) is 1. The number of aromatic nitrogens is 3. The fraction of sp³-hybridized carbons (Fsp3) is 0.364. The van der Waals surface area contributed by atoms with Crippen molar-refractivity contribution in [2.75, 3.05) is 19.5 Å². The lowest BCUT2D eigenvalue weighted by molar-refractivity contribution is -0.112. The SMILES string of the molecule is COc1cncc(C(=O)Nc2cc3cn(C4CCC(C=O)CC4)nc3cc2OC)c1. The number of methoxy groups -OCH3 is 2. The van der Waals surface area contributed by atoms with E-state index in [1.807, 2.05) is 23.0 Å². The largest absolute Gasteiger partial charge is 0.495 e. The lowest BCUT2D eigenvalue weighted by atomic mass is 9.87. The van der Waals surface area contributed by atoms with E-state index >= 15 is 0 Å². The molecule has 1 aromatic carbocycles. The van der Waals surface area contributed by atoms with Crippen LogP contribution in [-0.4, -0.2) is 41.2 Å². The van der Waals surface area contributed by atoms with Crippen molar-refractivity contribution in [2.45, 2.75) is 31.7 Å². The van der Waals surface area contributed by atoms with Gasteiger partial charge in [0.15, 0.2) is 0 Å². The zero-order chi connectivity index (χ0) is 21.1. The van der Waals surface area contributed by atoms with Gasteiger partial charge in [-0.2, -0.15) is 5.10 Å². The van der Waals surface area contributed by atoms with Crippen LogP contribution in [0.4, 0.5) is 5.69 Å². The summed E-state index contributed by atoms with van der Waals surface area (Å²) in [6.45, 7) is 0. The van der Waals surface area contributed by atoms with Crippen LogP contribution in [-0.2, 0) is 4.79 Å². The zero-order valence-corrected chi connectivity index (χ0v) is 17.0. The number of aldehydes is 1. The van der Waals surface area contributed by atoms with E-state index in [1.165, 1.54) is 13.3 Å². The minimum absolute atomic E-state index is 0.166. The monoisotopic (exact) mass is 408 g/mol. The molecule has 0 spiro atoms. The second-order valence-electron chi connectivity index (χ2n) is 7.49. The third-order valence-electron chi connectivity index (χ3n) is 5.61. The fourth-order valence-corrected chi connectivity index (χ4v) is 3.88. The van der Waals surface area contributed by atoms with Gasteiger partial charge in [-0.15, -0.1) is 0 Å². The number of fused-ring (bicyclic) bond motifs is 1. The maximum absolute atomic E-state index is 12.7. The molecule has 0 bridgehead atoms. The van der Waals surface area contributed by atoms with Gasteiger partial charge in [-0.3, -0.25) is 14.5 Å². The molecular weight excluding hydrogens is 384 g/mol. The number of carbonyl (C=O) groups excluding carboxylic acids is 2. The van der Waals surface area contributed by atoms with Crippen LogP contribution in [0.25, 0.3) is 10.9 Å². The maximum Gasteiger partial charge on any atom is 0.257 e. The molecule has 8 nitrogen and oxygen atoms in total. The lowest BCUT2D eigenvalue weighted by Gasteiger charge is -2.25. The Hall–Kier alpha value is -3.42. The summed E-state index contributed by atoms with van der Waals surface area (Å²) in [7, 11) is 3.08. The first-order chi connectivity index (χ1) is 14.6. The highest BCUT2D eigenvalue weighted by Gasteiger charge is 2.23. The minimum Gasteiger partial charge on any atom is -0.495 e. The molecule has 2 heterocycles. The molecule has 0 radical (unpaired) electrons. The molecule has 0 saturated heterocycles. The van der Waals surface area contributed by atoms with Crippen molar-refractivity contribution < 1.29 is 19.1 Å². The molecule has 1 saturated carbocycles. The Morgan fingerprint density at radius 2 is 1.93 bits per heavy atom. The Labute approximate surface area is 174 Å². The van der Waals surface area contributed by atoms with Crippen molar-refractivity contribution in [2.24, 2.45) is 5.92 Å². The Morgan fingerprint density at radius 3 is 2.63 bits per heavy atom. The number of carbonyl (C=O) groups is 2. The van der Waals surface area contributed by atoms with Crippen molar-refractivity contribution in [3.63, 3.8) is 0 Å². The highest BCUT2D eigenvalue weighted by molar-refractivity contribution is 6.06. The van der Waals surface area contributed by atoms with Crippen LogP contribution in [0.2, 0.25) is 0 Å². The van der Waals surface area contributed by atoms with Gasteiger partial charge in [0.1, 0.15) is 17.8 Å². The average molecular weight is 408 g/mol. The number of anilines is 1. The number of hydrogen-bond donors (Lipinski definition) is 1.